The van der Waals surface area contributed by atoms with E-state index in [0.29, 0.717) is 15.6 Å². The summed E-state index contributed by atoms with van der Waals surface area (Å²) in [6.45, 7) is 1.64. The minimum atomic E-state index is -1.03. The second-order valence-corrected chi connectivity index (χ2v) is 5.78. The summed E-state index contributed by atoms with van der Waals surface area (Å²) < 4.78 is 4.71. The number of carbonyl (C=O) groups is 2. The summed E-state index contributed by atoms with van der Waals surface area (Å²) >= 11 is 6.94. The van der Waals surface area contributed by atoms with Gasteiger partial charge in [0.2, 0.25) is 11.5 Å². The number of carbonyl (C=O) groups excluding carboxylic acids is 2. The van der Waals surface area contributed by atoms with Gasteiger partial charge in [0.1, 0.15) is 0 Å². The number of nitrogens with zero attached hydrogens (tertiary/aromatic N) is 2. The molecular weight excluding hydrogens is 352 g/mol. The van der Waals surface area contributed by atoms with Crippen molar-refractivity contribution in [1.82, 2.24) is 0 Å². The lowest BCUT2D eigenvalue weighted by atomic mass is 10.2. The lowest BCUT2D eigenvalue weighted by Gasteiger charge is -2.04. The van der Waals surface area contributed by atoms with Crippen LogP contribution in [0.1, 0.15) is 16.6 Å². The fraction of sp³-hybridized carbons (Fsp3) is 0.125. The Morgan fingerprint density at radius 1 is 1.25 bits per heavy atom. The standard InChI is InChI=1S/C16H13ClN2O4S/c1-2-23-16(22)15(21)13(14(20)12-4-3-9-24-12)19-18-11-7-5-10(17)6-8-11/h3-9,21H,2H2,1H3/b15-13-,19-18?. The van der Waals surface area contributed by atoms with E-state index in [-0.39, 0.29) is 6.61 Å². The number of halogens is 1. The van der Waals surface area contributed by atoms with E-state index in [9.17, 15) is 14.7 Å². The van der Waals surface area contributed by atoms with Gasteiger partial charge >= 0.3 is 5.97 Å². The van der Waals surface area contributed by atoms with E-state index < -0.39 is 23.2 Å². The fourth-order valence-electron chi connectivity index (χ4n) is 1.64. The van der Waals surface area contributed by atoms with Crippen LogP contribution in [-0.2, 0) is 9.53 Å². The highest BCUT2D eigenvalue weighted by Crippen LogP contribution is 2.22. The van der Waals surface area contributed by atoms with Crippen LogP contribution in [0.4, 0.5) is 5.69 Å². The molecular formula is C16H13ClN2O4S. The first-order valence-electron chi connectivity index (χ1n) is 6.88. The quantitative estimate of drug-likeness (QED) is 0.264. The number of aliphatic hydroxyl groups is 1. The van der Waals surface area contributed by atoms with E-state index in [0.717, 1.165) is 11.3 Å². The minimum Gasteiger partial charge on any atom is -0.500 e. The van der Waals surface area contributed by atoms with E-state index in [1.54, 1.807) is 48.7 Å². The minimum absolute atomic E-state index is 0.0533. The first-order chi connectivity index (χ1) is 11.5. The Morgan fingerprint density at radius 3 is 2.54 bits per heavy atom. The normalized spacial score (nSPS) is 12.1. The van der Waals surface area contributed by atoms with Crippen molar-refractivity contribution in [3.8, 4) is 0 Å². The average Bonchev–Trinajstić information content (AvgIpc) is 3.11. The van der Waals surface area contributed by atoms with Gasteiger partial charge in [-0.3, -0.25) is 4.79 Å². The predicted molar refractivity (Wildman–Crippen MR) is 90.9 cm³/mol. The molecule has 0 saturated carbocycles. The molecule has 1 aromatic carbocycles. The van der Waals surface area contributed by atoms with Gasteiger partial charge in [0.05, 0.1) is 17.2 Å². The molecule has 0 spiro atoms. The Hall–Kier alpha value is -2.51. The smallest absolute Gasteiger partial charge is 0.375 e. The van der Waals surface area contributed by atoms with Gasteiger partial charge in [-0.1, -0.05) is 17.7 Å². The third-order valence-electron chi connectivity index (χ3n) is 2.75. The van der Waals surface area contributed by atoms with Gasteiger partial charge < -0.3 is 9.84 Å². The maximum Gasteiger partial charge on any atom is 0.375 e. The van der Waals surface area contributed by atoms with Crippen LogP contribution in [0, 0.1) is 0 Å². The Kier molecular flexibility index (Phi) is 6.22. The molecule has 0 aliphatic rings. The lowest BCUT2D eigenvalue weighted by Crippen LogP contribution is -2.13. The zero-order valence-corrected chi connectivity index (χ0v) is 14.2. The number of esters is 1. The molecule has 24 heavy (non-hydrogen) atoms. The van der Waals surface area contributed by atoms with Crippen LogP contribution in [0.3, 0.4) is 0 Å². The highest BCUT2D eigenvalue weighted by Gasteiger charge is 2.24. The fourth-order valence-corrected chi connectivity index (χ4v) is 2.43. The molecule has 1 aromatic heterocycles. The predicted octanol–water partition coefficient (Wildman–Crippen LogP) is 4.70. The number of allylic oxidation sites excluding steroid dienone is 1. The van der Waals surface area contributed by atoms with E-state index >= 15 is 0 Å². The Balaban J connectivity index is 2.39. The molecule has 0 aliphatic heterocycles. The number of rotatable bonds is 6. The maximum absolute atomic E-state index is 12.4. The van der Waals surface area contributed by atoms with Crippen LogP contribution in [0.2, 0.25) is 5.02 Å². The van der Waals surface area contributed by atoms with Crippen LogP contribution in [0.15, 0.2) is 63.5 Å². The molecule has 1 N–H and O–H groups in total. The van der Waals surface area contributed by atoms with Gasteiger partial charge in [-0.2, -0.15) is 5.11 Å². The number of ether oxygens (including phenoxy) is 1. The van der Waals surface area contributed by atoms with Crippen LogP contribution in [0.5, 0.6) is 0 Å². The number of thiophene rings is 1. The third kappa shape index (κ3) is 4.50. The van der Waals surface area contributed by atoms with Gasteiger partial charge in [-0.05, 0) is 42.6 Å². The number of hydrogen-bond acceptors (Lipinski definition) is 7. The number of azo groups is 1. The van der Waals surface area contributed by atoms with Crippen LogP contribution < -0.4 is 0 Å². The number of benzene rings is 1. The summed E-state index contributed by atoms with van der Waals surface area (Å²) in [6, 6.07) is 9.61. The van der Waals surface area contributed by atoms with Crippen molar-refractivity contribution in [2.45, 2.75) is 6.92 Å². The molecule has 0 atom stereocenters. The molecule has 0 amide bonds. The van der Waals surface area contributed by atoms with Crippen molar-refractivity contribution in [2.75, 3.05) is 6.61 Å². The second-order valence-electron chi connectivity index (χ2n) is 4.40. The van der Waals surface area contributed by atoms with Gasteiger partial charge in [0.15, 0.2) is 5.70 Å². The molecule has 8 heteroatoms. The largest absolute Gasteiger partial charge is 0.500 e. The van der Waals surface area contributed by atoms with Gasteiger partial charge in [-0.25, -0.2) is 4.79 Å². The Labute approximate surface area is 147 Å². The highest BCUT2D eigenvalue weighted by molar-refractivity contribution is 7.12. The molecule has 2 rings (SSSR count). The van der Waals surface area contributed by atoms with Crippen molar-refractivity contribution in [1.29, 1.82) is 0 Å². The summed E-state index contributed by atoms with van der Waals surface area (Å²) in [7, 11) is 0. The molecule has 2 aromatic rings. The molecule has 0 saturated heterocycles. The van der Waals surface area contributed by atoms with Gasteiger partial charge in [0, 0.05) is 5.02 Å². The SMILES string of the molecule is CCOC(=O)/C(O)=C(/N=Nc1ccc(Cl)cc1)C(=O)c1cccs1. The van der Waals surface area contributed by atoms with E-state index in [1.165, 1.54) is 0 Å². The first kappa shape index (κ1) is 17.8. The second kappa shape index (κ2) is 8.37. The monoisotopic (exact) mass is 364 g/mol. The van der Waals surface area contributed by atoms with Crippen molar-refractivity contribution >= 4 is 40.4 Å². The van der Waals surface area contributed by atoms with Crippen molar-refractivity contribution in [3.63, 3.8) is 0 Å². The summed E-state index contributed by atoms with van der Waals surface area (Å²) in [5, 5.41) is 19.9. The van der Waals surface area contributed by atoms with Crippen molar-refractivity contribution in [2.24, 2.45) is 10.2 Å². The molecule has 6 nitrogen and oxygen atoms in total. The van der Waals surface area contributed by atoms with Crippen molar-refractivity contribution in [3.05, 3.63) is 63.1 Å². The summed E-state index contributed by atoms with van der Waals surface area (Å²) in [4.78, 5) is 24.5. The summed E-state index contributed by atoms with van der Waals surface area (Å²) in [6.07, 6.45) is 0. The van der Waals surface area contributed by atoms with Gasteiger partial charge in [0.25, 0.3) is 0 Å². The molecule has 124 valence electrons. The number of hydrogen-bond donors (Lipinski definition) is 1. The number of aliphatic hydroxyl groups excluding tert-OH is 1. The van der Waals surface area contributed by atoms with Crippen molar-refractivity contribution < 1.29 is 19.4 Å². The average molecular weight is 365 g/mol. The summed E-state index contributed by atoms with van der Waals surface area (Å²) in [5.74, 6) is -2.53. The first-order valence-corrected chi connectivity index (χ1v) is 8.14. The zero-order valence-electron chi connectivity index (χ0n) is 12.6. The molecule has 0 fully saturated rings. The molecule has 0 unspecified atom stereocenters. The van der Waals surface area contributed by atoms with E-state index in [1.807, 2.05) is 0 Å². The van der Waals surface area contributed by atoms with Gasteiger partial charge in [-0.15, -0.1) is 16.5 Å². The van der Waals surface area contributed by atoms with E-state index in [4.69, 9.17) is 16.3 Å². The van der Waals surface area contributed by atoms with Crippen LogP contribution in [-0.4, -0.2) is 23.5 Å². The third-order valence-corrected chi connectivity index (χ3v) is 3.87. The van der Waals surface area contributed by atoms with E-state index in [2.05, 4.69) is 10.2 Å². The zero-order chi connectivity index (χ0) is 17.5. The van der Waals surface area contributed by atoms with Crippen LogP contribution >= 0.6 is 22.9 Å². The number of Topliss-reactive ketones (excluding diaryl/α,β-unsaturated/α-hetero) is 1. The molecule has 0 aliphatic carbocycles. The lowest BCUT2D eigenvalue weighted by molar-refractivity contribution is -0.141. The molecule has 1 heterocycles. The maximum atomic E-state index is 12.4. The molecule has 0 bridgehead atoms. The molecule has 0 radical (unpaired) electrons. The highest BCUT2D eigenvalue weighted by atomic mass is 35.5. The van der Waals surface area contributed by atoms with Crippen LogP contribution in [0.25, 0.3) is 0 Å². The topological polar surface area (TPSA) is 88.3 Å². The summed E-state index contributed by atoms with van der Waals surface area (Å²) in [5.41, 5.74) is -0.0709. The number of ketones is 1. The Morgan fingerprint density at radius 2 is 1.96 bits per heavy atom. The Bertz CT molecular complexity index is 783.